The molecule has 0 fully saturated rings. The molecule has 0 spiro atoms. The van der Waals surface area contributed by atoms with Gasteiger partial charge in [0.25, 0.3) is 0 Å². The van der Waals surface area contributed by atoms with Gasteiger partial charge in [0.2, 0.25) is 0 Å². The summed E-state index contributed by atoms with van der Waals surface area (Å²) in [7, 11) is 1.48. The highest BCUT2D eigenvalue weighted by atomic mass is 16.5. The molecule has 5 nitrogen and oxygen atoms in total. The average molecular weight is 340 g/mol. The molecule has 3 rings (SSSR count). The van der Waals surface area contributed by atoms with Crippen molar-refractivity contribution in [3.05, 3.63) is 52.1 Å². The normalized spacial score (nSPS) is 10.9. The minimum absolute atomic E-state index is 0.0446. The van der Waals surface area contributed by atoms with Crippen LogP contribution in [-0.2, 0) is 0 Å². The fourth-order valence-electron chi connectivity index (χ4n) is 3.04. The van der Waals surface area contributed by atoms with Gasteiger partial charge in [-0.1, -0.05) is 6.07 Å². The Kier molecular flexibility index (Phi) is 4.40. The molecule has 130 valence electrons. The molecule has 5 heteroatoms. The molecule has 0 aliphatic rings. The summed E-state index contributed by atoms with van der Waals surface area (Å²) >= 11 is 0. The van der Waals surface area contributed by atoms with Crippen molar-refractivity contribution in [1.29, 1.82) is 0 Å². The lowest BCUT2D eigenvalue weighted by atomic mass is 10.1. The number of hydrogen-bond donors (Lipinski definition) is 1. The van der Waals surface area contributed by atoms with E-state index < -0.39 is 0 Å². The minimum Gasteiger partial charge on any atom is -0.504 e. The second-order valence-electron chi connectivity index (χ2n) is 5.76. The molecule has 3 aromatic rings. The maximum Gasteiger partial charge on any atom is 0.190 e. The molecule has 0 saturated heterocycles. The van der Waals surface area contributed by atoms with Crippen LogP contribution in [-0.4, -0.2) is 18.8 Å². The highest BCUT2D eigenvalue weighted by Gasteiger charge is 2.16. The summed E-state index contributed by atoms with van der Waals surface area (Å²) in [4.78, 5) is 12.8. The molecule has 0 amide bonds. The largest absolute Gasteiger partial charge is 0.504 e. The molecule has 1 aromatic heterocycles. The molecular weight excluding hydrogens is 320 g/mol. The van der Waals surface area contributed by atoms with E-state index in [1.165, 1.54) is 13.2 Å². The third-order valence-electron chi connectivity index (χ3n) is 4.14. The van der Waals surface area contributed by atoms with Crippen molar-refractivity contribution in [2.75, 3.05) is 13.7 Å². The van der Waals surface area contributed by atoms with Gasteiger partial charge in [-0.05, 0) is 56.2 Å². The highest BCUT2D eigenvalue weighted by molar-refractivity contribution is 5.93. The van der Waals surface area contributed by atoms with Crippen LogP contribution in [0.2, 0.25) is 0 Å². The number of furan rings is 1. The zero-order valence-corrected chi connectivity index (χ0v) is 14.7. The van der Waals surface area contributed by atoms with E-state index in [-0.39, 0.29) is 11.2 Å². The lowest BCUT2D eigenvalue weighted by molar-refractivity contribution is 0.344. The van der Waals surface area contributed by atoms with Crippen molar-refractivity contribution in [3.63, 3.8) is 0 Å². The molecule has 0 aliphatic carbocycles. The fraction of sp³-hybridized carbons (Fsp3) is 0.250. The first-order valence-corrected chi connectivity index (χ1v) is 8.04. The Balaban J connectivity index is 2.36. The lowest BCUT2D eigenvalue weighted by Crippen LogP contribution is -1.96. The van der Waals surface area contributed by atoms with Gasteiger partial charge < -0.3 is 19.0 Å². The number of benzene rings is 1. The smallest absolute Gasteiger partial charge is 0.190 e. The van der Waals surface area contributed by atoms with Gasteiger partial charge in [-0.3, -0.25) is 4.79 Å². The average Bonchev–Trinajstić information content (AvgIpc) is 2.78. The fourth-order valence-corrected chi connectivity index (χ4v) is 3.04. The van der Waals surface area contributed by atoms with Crippen molar-refractivity contribution in [2.24, 2.45) is 0 Å². The van der Waals surface area contributed by atoms with Gasteiger partial charge in [-0.25, -0.2) is 0 Å². The number of aryl methyl sites for hydroxylation is 2. The van der Waals surface area contributed by atoms with E-state index in [2.05, 4.69) is 0 Å². The van der Waals surface area contributed by atoms with Crippen LogP contribution in [0.15, 0.2) is 39.5 Å². The van der Waals surface area contributed by atoms with Crippen molar-refractivity contribution >= 4 is 10.8 Å². The molecule has 0 unspecified atom stereocenters. The maximum atomic E-state index is 12.8. The molecule has 1 heterocycles. The van der Waals surface area contributed by atoms with Crippen LogP contribution in [0.1, 0.15) is 18.4 Å². The molecule has 25 heavy (non-hydrogen) atoms. The highest BCUT2D eigenvalue weighted by Crippen LogP contribution is 2.35. The SMILES string of the molecule is CCOc1cc(-c2ccc(O)c(OC)c2)cc(=O)c2c(C)oc(C)c12. The number of fused-ring (bicyclic) bond motifs is 1. The third kappa shape index (κ3) is 2.93. The van der Waals surface area contributed by atoms with Crippen LogP contribution in [0.5, 0.6) is 17.2 Å². The third-order valence-corrected chi connectivity index (χ3v) is 4.14. The van der Waals surface area contributed by atoms with Gasteiger partial charge in [-0.15, -0.1) is 0 Å². The quantitative estimate of drug-likeness (QED) is 0.771. The summed E-state index contributed by atoms with van der Waals surface area (Å²) in [6.45, 7) is 5.95. The summed E-state index contributed by atoms with van der Waals surface area (Å²) in [5.41, 5.74) is 1.29. The molecule has 0 bridgehead atoms. The van der Waals surface area contributed by atoms with E-state index >= 15 is 0 Å². The second kappa shape index (κ2) is 6.51. The number of aromatic hydroxyl groups is 1. The Morgan fingerprint density at radius 2 is 1.68 bits per heavy atom. The van der Waals surface area contributed by atoms with E-state index in [9.17, 15) is 9.90 Å². The number of ether oxygens (including phenoxy) is 2. The first kappa shape index (κ1) is 16.9. The molecule has 1 N–H and O–H groups in total. The van der Waals surface area contributed by atoms with Crippen molar-refractivity contribution in [1.82, 2.24) is 0 Å². The van der Waals surface area contributed by atoms with Gasteiger partial charge in [0, 0.05) is 0 Å². The molecule has 0 saturated carbocycles. The molecular formula is C20H20O5. The number of hydrogen-bond acceptors (Lipinski definition) is 5. The van der Waals surface area contributed by atoms with E-state index in [4.69, 9.17) is 13.9 Å². The van der Waals surface area contributed by atoms with Crippen molar-refractivity contribution in [2.45, 2.75) is 20.8 Å². The zero-order chi connectivity index (χ0) is 18.1. The zero-order valence-electron chi connectivity index (χ0n) is 14.7. The van der Waals surface area contributed by atoms with Crippen LogP contribution in [0.25, 0.3) is 21.9 Å². The number of phenolic OH excluding ortho intramolecular Hbond substituents is 1. The standard InChI is InChI=1S/C20H20O5/c1-5-24-18-10-14(13-6-7-15(21)17(9-13)23-4)8-16(22)19-11(2)25-12(3)20(18)19/h6-10,21H,5H2,1-4H3. The molecule has 0 radical (unpaired) electrons. The van der Waals surface area contributed by atoms with Crippen molar-refractivity contribution in [3.8, 4) is 28.4 Å². The van der Waals surface area contributed by atoms with Gasteiger partial charge in [-0.2, -0.15) is 0 Å². The Labute approximate surface area is 145 Å². The molecule has 0 aliphatic heterocycles. The Bertz CT molecular complexity index is 1000. The van der Waals surface area contributed by atoms with Gasteiger partial charge in [0.1, 0.15) is 17.3 Å². The van der Waals surface area contributed by atoms with Crippen LogP contribution < -0.4 is 14.9 Å². The topological polar surface area (TPSA) is 68.9 Å². The van der Waals surface area contributed by atoms with E-state index in [1.54, 1.807) is 25.1 Å². The van der Waals surface area contributed by atoms with Crippen LogP contribution in [0.4, 0.5) is 0 Å². The Morgan fingerprint density at radius 3 is 2.36 bits per heavy atom. The van der Waals surface area contributed by atoms with Crippen LogP contribution in [0, 0.1) is 13.8 Å². The van der Waals surface area contributed by atoms with Crippen LogP contribution >= 0.6 is 0 Å². The summed E-state index contributed by atoms with van der Waals surface area (Å²) < 4.78 is 16.6. The van der Waals surface area contributed by atoms with E-state index in [1.807, 2.05) is 19.9 Å². The molecule has 0 atom stereocenters. The molecule has 2 aromatic carbocycles. The maximum absolute atomic E-state index is 12.8. The first-order chi connectivity index (χ1) is 12.0. The van der Waals surface area contributed by atoms with Gasteiger partial charge >= 0.3 is 0 Å². The number of phenols is 1. The predicted octanol–water partition coefficient (Wildman–Crippen LogP) is 4.19. The number of rotatable bonds is 4. The summed E-state index contributed by atoms with van der Waals surface area (Å²) in [5.74, 6) is 2.21. The van der Waals surface area contributed by atoms with E-state index in [0.29, 0.717) is 46.0 Å². The van der Waals surface area contributed by atoms with Gasteiger partial charge in [0.05, 0.1) is 24.5 Å². The Morgan fingerprint density at radius 1 is 1.00 bits per heavy atom. The monoisotopic (exact) mass is 340 g/mol. The van der Waals surface area contributed by atoms with Crippen LogP contribution in [0.3, 0.4) is 0 Å². The Hall–Kier alpha value is -2.95. The summed E-state index contributed by atoms with van der Waals surface area (Å²) in [5, 5.41) is 11.0. The minimum atomic E-state index is -0.141. The van der Waals surface area contributed by atoms with Gasteiger partial charge in [0.15, 0.2) is 16.9 Å². The predicted molar refractivity (Wildman–Crippen MR) is 96.8 cm³/mol. The second-order valence-corrected chi connectivity index (χ2v) is 5.76. The summed E-state index contributed by atoms with van der Waals surface area (Å²) in [6, 6.07) is 8.34. The van der Waals surface area contributed by atoms with Crippen molar-refractivity contribution < 1.29 is 19.0 Å². The number of methoxy groups -OCH3 is 1. The summed E-state index contributed by atoms with van der Waals surface area (Å²) in [6.07, 6.45) is 0. The van der Waals surface area contributed by atoms with E-state index in [0.717, 1.165) is 5.56 Å². The first-order valence-electron chi connectivity index (χ1n) is 8.04. The lowest BCUT2D eigenvalue weighted by Gasteiger charge is -2.07.